The van der Waals surface area contributed by atoms with Crippen LogP contribution >= 0.6 is 0 Å². The molecule has 0 unspecified atom stereocenters. The predicted molar refractivity (Wildman–Crippen MR) is 162 cm³/mol. The molecule has 4 nitrogen and oxygen atoms in total. The van der Waals surface area contributed by atoms with Gasteiger partial charge in [-0.2, -0.15) is 0 Å². The summed E-state index contributed by atoms with van der Waals surface area (Å²) in [5.74, 6) is 1.87. The predicted octanol–water partition coefficient (Wildman–Crippen LogP) is 9.17. The van der Waals surface area contributed by atoms with Gasteiger partial charge in [0.2, 0.25) is 0 Å². The molecule has 0 aliphatic heterocycles. The number of aromatic nitrogens is 3. The average Bonchev–Trinajstić information content (AvgIpc) is 3.27. The van der Waals surface area contributed by atoms with Gasteiger partial charge in [0.25, 0.3) is 0 Å². The third-order valence-corrected chi connectivity index (χ3v) is 7.67. The molecule has 3 aromatic carbocycles. The summed E-state index contributed by atoms with van der Waals surface area (Å²) in [5.41, 5.74) is 9.15. The molecular formula is C35H33N3O. The SMILES string of the molecule is Cc1cccc(-c2cc3c(cc2C(C)C)c2cc(C(C)C)ccc2n3-c2cccc(-c3ccccn3)n2)c1O. The van der Waals surface area contributed by atoms with E-state index in [9.17, 15) is 5.11 Å². The molecule has 0 saturated heterocycles. The van der Waals surface area contributed by atoms with Crippen LogP contribution in [0.3, 0.4) is 0 Å². The molecule has 3 aromatic heterocycles. The van der Waals surface area contributed by atoms with E-state index >= 15 is 0 Å². The Balaban J connectivity index is 1.71. The minimum absolute atomic E-state index is 0.279. The van der Waals surface area contributed by atoms with E-state index in [1.807, 2.05) is 55.5 Å². The van der Waals surface area contributed by atoms with E-state index < -0.39 is 0 Å². The van der Waals surface area contributed by atoms with Gasteiger partial charge in [0, 0.05) is 22.5 Å². The van der Waals surface area contributed by atoms with Crippen molar-refractivity contribution >= 4 is 21.8 Å². The highest BCUT2D eigenvalue weighted by Gasteiger charge is 2.21. The van der Waals surface area contributed by atoms with Gasteiger partial charge < -0.3 is 5.11 Å². The summed E-state index contributed by atoms with van der Waals surface area (Å²) in [7, 11) is 0. The first-order chi connectivity index (χ1) is 18.8. The second kappa shape index (κ2) is 9.70. The van der Waals surface area contributed by atoms with Crippen LogP contribution < -0.4 is 0 Å². The van der Waals surface area contributed by atoms with Gasteiger partial charge >= 0.3 is 0 Å². The van der Waals surface area contributed by atoms with Gasteiger partial charge in [-0.05, 0) is 89.5 Å². The molecule has 1 N–H and O–H groups in total. The van der Waals surface area contributed by atoms with E-state index in [4.69, 9.17) is 4.98 Å². The number of aryl methyl sites for hydroxylation is 1. The van der Waals surface area contributed by atoms with Crippen molar-refractivity contribution in [2.75, 3.05) is 0 Å². The van der Waals surface area contributed by atoms with Gasteiger partial charge in [-0.1, -0.05) is 64.1 Å². The van der Waals surface area contributed by atoms with Crippen LogP contribution in [0.15, 0.2) is 91.1 Å². The molecule has 0 atom stereocenters. The number of phenols is 1. The molecule has 0 saturated carbocycles. The summed E-state index contributed by atoms with van der Waals surface area (Å²) in [5, 5.41) is 13.5. The maximum atomic E-state index is 11.1. The molecule has 4 heteroatoms. The van der Waals surface area contributed by atoms with Crippen LogP contribution in [0.4, 0.5) is 0 Å². The number of hydrogen-bond donors (Lipinski definition) is 1. The fourth-order valence-corrected chi connectivity index (χ4v) is 5.50. The van der Waals surface area contributed by atoms with Crippen molar-refractivity contribution in [3.8, 4) is 34.1 Å². The van der Waals surface area contributed by atoms with Crippen molar-refractivity contribution in [2.24, 2.45) is 0 Å². The number of para-hydroxylation sites is 1. The summed E-state index contributed by atoms with van der Waals surface area (Å²) in [4.78, 5) is 9.62. The fraction of sp³-hybridized carbons (Fsp3) is 0.200. The monoisotopic (exact) mass is 511 g/mol. The summed E-state index contributed by atoms with van der Waals surface area (Å²) in [6.45, 7) is 10.8. The lowest BCUT2D eigenvalue weighted by Crippen LogP contribution is -2.00. The lowest BCUT2D eigenvalue weighted by atomic mass is 9.89. The largest absolute Gasteiger partial charge is 0.507 e. The van der Waals surface area contributed by atoms with Crippen LogP contribution in [0, 0.1) is 6.92 Å². The first-order valence-electron chi connectivity index (χ1n) is 13.6. The number of hydrogen-bond acceptors (Lipinski definition) is 3. The van der Waals surface area contributed by atoms with Crippen LogP contribution in [-0.2, 0) is 0 Å². The standard InChI is InChI=1S/C35H33N3O/c1-21(2)24-15-16-32-28(18-24)29-19-26(22(3)4)27(25-11-8-10-23(5)35(25)39)20-33(29)38(32)34-14-9-13-31(37-34)30-12-6-7-17-36-30/h6-22,39H,1-5H3. The maximum Gasteiger partial charge on any atom is 0.138 e. The fourth-order valence-electron chi connectivity index (χ4n) is 5.50. The highest BCUT2D eigenvalue weighted by atomic mass is 16.3. The van der Waals surface area contributed by atoms with Crippen molar-refractivity contribution < 1.29 is 5.11 Å². The second-order valence-electron chi connectivity index (χ2n) is 10.9. The minimum atomic E-state index is 0.279. The van der Waals surface area contributed by atoms with Crippen LogP contribution in [-0.4, -0.2) is 19.6 Å². The molecule has 0 bridgehead atoms. The number of rotatable bonds is 5. The van der Waals surface area contributed by atoms with Gasteiger partial charge in [0.1, 0.15) is 11.6 Å². The molecule has 6 rings (SSSR count). The average molecular weight is 512 g/mol. The maximum absolute atomic E-state index is 11.1. The molecule has 194 valence electrons. The lowest BCUT2D eigenvalue weighted by Gasteiger charge is -2.17. The molecule has 0 fully saturated rings. The molecule has 6 aromatic rings. The quantitative estimate of drug-likeness (QED) is 0.251. The van der Waals surface area contributed by atoms with Crippen LogP contribution in [0.2, 0.25) is 0 Å². The van der Waals surface area contributed by atoms with Gasteiger partial charge in [-0.3, -0.25) is 9.55 Å². The summed E-state index contributed by atoms with van der Waals surface area (Å²) < 4.78 is 2.25. The van der Waals surface area contributed by atoms with Gasteiger partial charge in [-0.25, -0.2) is 4.98 Å². The van der Waals surface area contributed by atoms with E-state index in [-0.39, 0.29) is 5.92 Å². The highest BCUT2D eigenvalue weighted by Crippen LogP contribution is 2.42. The van der Waals surface area contributed by atoms with Crippen molar-refractivity contribution in [3.63, 3.8) is 0 Å². The van der Waals surface area contributed by atoms with Crippen molar-refractivity contribution in [1.29, 1.82) is 0 Å². The Morgan fingerprint density at radius 1 is 0.692 bits per heavy atom. The van der Waals surface area contributed by atoms with Crippen molar-refractivity contribution in [3.05, 3.63) is 108 Å². The van der Waals surface area contributed by atoms with Gasteiger partial charge in [-0.15, -0.1) is 0 Å². The van der Waals surface area contributed by atoms with E-state index in [0.29, 0.717) is 11.7 Å². The second-order valence-corrected chi connectivity index (χ2v) is 10.9. The van der Waals surface area contributed by atoms with Crippen LogP contribution in [0.5, 0.6) is 5.75 Å². The zero-order valence-corrected chi connectivity index (χ0v) is 23.1. The molecular weight excluding hydrogens is 478 g/mol. The Bertz CT molecular complexity index is 1830. The number of fused-ring (bicyclic) bond motifs is 3. The Morgan fingerprint density at radius 3 is 2.21 bits per heavy atom. The number of nitrogens with zero attached hydrogens (tertiary/aromatic N) is 3. The van der Waals surface area contributed by atoms with Crippen molar-refractivity contribution in [2.45, 2.75) is 46.5 Å². The third-order valence-electron chi connectivity index (χ3n) is 7.67. The Labute approximate surface area is 229 Å². The summed E-state index contributed by atoms with van der Waals surface area (Å²) in [6.07, 6.45) is 1.80. The topological polar surface area (TPSA) is 50.9 Å². The summed E-state index contributed by atoms with van der Waals surface area (Å²) >= 11 is 0. The molecule has 0 aliphatic rings. The minimum Gasteiger partial charge on any atom is -0.507 e. The Hall–Kier alpha value is -4.44. The Morgan fingerprint density at radius 2 is 1.46 bits per heavy atom. The van der Waals surface area contributed by atoms with E-state index in [1.165, 1.54) is 21.9 Å². The van der Waals surface area contributed by atoms with Gasteiger partial charge in [0.05, 0.1) is 22.4 Å². The van der Waals surface area contributed by atoms with E-state index in [0.717, 1.165) is 44.9 Å². The Kier molecular flexibility index (Phi) is 6.19. The van der Waals surface area contributed by atoms with E-state index in [2.05, 4.69) is 73.6 Å². The highest BCUT2D eigenvalue weighted by molar-refractivity contribution is 6.11. The van der Waals surface area contributed by atoms with Crippen LogP contribution in [0.25, 0.3) is 50.1 Å². The first kappa shape index (κ1) is 24.9. The molecule has 0 radical (unpaired) electrons. The zero-order chi connectivity index (χ0) is 27.3. The first-order valence-corrected chi connectivity index (χ1v) is 13.6. The molecule has 0 amide bonds. The van der Waals surface area contributed by atoms with E-state index in [1.54, 1.807) is 6.20 Å². The molecule has 0 spiro atoms. The lowest BCUT2D eigenvalue weighted by molar-refractivity contribution is 0.473. The third kappa shape index (κ3) is 4.26. The molecule has 3 heterocycles. The molecule has 39 heavy (non-hydrogen) atoms. The van der Waals surface area contributed by atoms with Crippen molar-refractivity contribution in [1.82, 2.24) is 14.5 Å². The summed E-state index contributed by atoms with van der Waals surface area (Å²) in [6, 6.07) is 29.3. The molecule has 0 aliphatic carbocycles. The smallest absolute Gasteiger partial charge is 0.138 e. The number of pyridine rings is 2. The number of benzene rings is 3. The van der Waals surface area contributed by atoms with Crippen LogP contribution in [0.1, 0.15) is 56.2 Å². The number of aromatic hydroxyl groups is 1. The number of phenolic OH excluding ortho intramolecular Hbond substituents is 1. The normalized spacial score (nSPS) is 11.8. The zero-order valence-electron chi connectivity index (χ0n) is 23.1. The van der Waals surface area contributed by atoms with Gasteiger partial charge in [0.15, 0.2) is 0 Å².